The first-order chi connectivity index (χ1) is 15.0. The van der Waals surface area contributed by atoms with Gasteiger partial charge in [-0.1, -0.05) is 67.4 Å². The molecule has 1 amide bonds. The van der Waals surface area contributed by atoms with E-state index >= 15 is 0 Å². The number of amides is 1. The number of hydrogen-bond acceptors (Lipinski definition) is 3. The summed E-state index contributed by atoms with van der Waals surface area (Å²) in [4.78, 5) is 15.7. The lowest BCUT2D eigenvalue weighted by Gasteiger charge is -2.48. The molecular weight excluding hydrogens is 449 g/mol. The van der Waals surface area contributed by atoms with Gasteiger partial charge in [0.25, 0.3) is 5.91 Å². The van der Waals surface area contributed by atoms with Crippen molar-refractivity contribution < 1.29 is 9.53 Å². The van der Waals surface area contributed by atoms with Crippen LogP contribution in [0.2, 0.25) is 10.0 Å². The molecule has 31 heavy (non-hydrogen) atoms. The number of rotatable bonds is 9. The van der Waals surface area contributed by atoms with E-state index in [2.05, 4.69) is 25.3 Å². The summed E-state index contributed by atoms with van der Waals surface area (Å²) >= 11 is 14.3. The molecule has 3 nitrogen and oxygen atoms in total. The van der Waals surface area contributed by atoms with E-state index < -0.39 is 6.10 Å². The third-order valence-corrected chi connectivity index (χ3v) is 7.09. The molecule has 166 valence electrons. The molecule has 0 spiro atoms. The van der Waals surface area contributed by atoms with Crippen LogP contribution in [0.15, 0.2) is 61.2 Å². The average Bonchev–Trinajstić information content (AvgIpc) is 2.77. The smallest absolute Gasteiger partial charge is 0.252 e. The van der Waals surface area contributed by atoms with Crippen LogP contribution in [0.1, 0.15) is 50.0 Å². The highest BCUT2D eigenvalue weighted by Crippen LogP contribution is 2.45. The van der Waals surface area contributed by atoms with Gasteiger partial charge >= 0.3 is 0 Å². The molecule has 0 saturated carbocycles. The average molecular weight is 478 g/mol. The van der Waals surface area contributed by atoms with Crippen LogP contribution in [0, 0.1) is 0 Å². The molecule has 1 heterocycles. The maximum Gasteiger partial charge on any atom is 0.252 e. The van der Waals surface area contributed by atoms with E-state index in [4.69, 9.17) is 27.9 Å². The SMILES string of the molecule is C=CCC1O[C@H](c2cccc(Cl)c2)[C@@H](c2ccc(Cl)cc2)N([C@@H](CC)CSCC)C1=O. The van der Waals surface area contributed by atoms with Gasteiger partial charge in [-0.2, -0.15) is 11.8 Å². The fraction of sp³-hybridized carbons (Fsp3) is 0.400. The van der Waals surface area contributed by atoms with Crippen LogP contribution in [0.4, 0.5) is 0 Å². The van der Waals surface area contributed by atoms with Crippen LogP contribution in [0.3, 0.4) is 0 Å². The molecule has 4 atom stereocenters. The number of hydrogen-bond donors (Lipinski definition) is 0. The van der Waals surface area contributed by atoms with Gasteiger partial charge in [0.15, 0.2) is 0 Å². The zero-order valence-corrected chi connectivity index (χ0v) is 20.3. The molecule has 6 heteroatoms. The summed E-state index contributed by atoms with van der Waals surface area (Å²) in [5.74, 6) is 1.90. The monoisotopic (exact) mass is 477 g/mol. The maximum atomic E-state index is 13.7. The third-order valence-electron chi connectivity index (χ3n) is 5.58. The maximum absolute atomic E-state index is 13.7. The molecule has 1 unspecified atom stereocenters. The lowest BCUT2D eigenvalue weighted by atomic mass is 9.89. The van der Waals surface area contributed by atoms with E-state index in [-0.39, 0.29) is 24.1 Å². The van der Waals surface area contributed by atoms with Gasteiger partial charge in [-0.25, -0.2) is 0 Å². The Balaban J connectivity index is 2.14. The van der Waals surface area contributed by atoms with Crippen LogP contribution in [-0.2, 0) is 9.53 Å². The zero-order chi connectivity index (χ0) is 22.4. The predicted molar refractivity (Wildman–Crippen MR) is 132 cm³/mol. The summed E-state index contributed by atoms with van der Waals surface area (Å²) in [5.41, 5.74) is 1.96. The Morgan fingerprint density at radius 1 is 1.13 bits per heavy atom. The molecule has 1 saturated heterocycles. The van der Waals surface area contributed by atoms with Crippen LogP contribution < -0.4 is 0 Å². The topological polar surface area (TPSA) is 29.5 Å². The predicted octanol–water partition coefficient (Wildman–Crippen LogP) is 7.11. The molecule has 0 aliphatic carbocycles. The lowest BCUT2D eigenvalue weighted by Crippen LogP contribution is -2.55. The van der Waals surface area contributed by atoms with E-state index in [1.165, 1.54) is 0 Å². The largest absolute Gasteiger partial charge is 0.358 e. The number of morpholine rings is 1. The number of benzene rings is 2. The summed E-state index contributed by atoms with van der Waals surface area (Å²) in [6.07, 6.45) is 2.18. The fourth-order valence-corrected chi connectivity index (χ4v) is 5.29. The van der Waals surface area contributed by atoms with Crippen molar-refractivity contribution in [3.63, 3.8) is 0 Å². The van der Waals surface area contributed by atoms with Crippen molar-refractivity contribution in [2.24, 2.45) is 0 Å². The summed E-state index contributed by atoms with van der Waals surface area (Å²) in [7, 11) is 0. The molecule has 2 aromatic rings. The van der Waals surface area contributed by atoms with Gasteiger partial charge in [-0.3, -0.25) is 4.79 Å². The molecule has 1 aliphatic rings. The minimum Gasteiger partial charge on any atom is -0.358 e. The molecule has 3 rings (SSSR count). The third kappa shape index (κ3) is 5.67. The first-order valence-corrected chi connectivity index (χ1v) is 12.6. The molecule has 1 fully saturated rings. The minimum atomic E-state index is -0.564. The molecule has 2 aromatic carbocycles. The summed E-state index contributed by atoms with van der Waals surface area (Å²) in [5, 5.41) is 1.31. The number of halogens is 2. The molecule has 0 N–H and O–H groups in total. The highest BCUT2D eigenvalue weighted by molar-refractivity contribution is 7.99. The number of carbonyl (C=O) groups is 1. The first kappa shape index (κ1) is 24.2. The van der Waals surface area contributed by atoms with Gasteiger partial charge in [0, 0.05) is 28.3 Å². The fourth-order valence-electron chi connectivity index (χ4n) is 4.06. The number of thioether (sulfide) groups is 1. The first-order valence-electron chi connectivity index (χ1n) is 10.7. The molecule has 0 bridgehead atoms. The van der Waals surface area contributed by atoms with Crippen molar-refractivity contribution in [2.75, 3.05) is 11.5 Å². The van der Waals surface area contributed by atoms with Crippen LogP contribution in [0.5, 0.6) is 0 Å². The van der Waals surface area contributed by atoms with E-state index in [0.29, 0.717) is 16.5 Å². The Kier molecular flexibility index (Phi) is 8.91. The van der Waals surface area contributed by atoms with Gasteiger partial charge in [0.2, 0.25) is 0 Å². The van der Waals surface area contributed by atoms with Crippen molar-refractivity contribution in [1.82, 2.24) is 4.90 Å². The van der Waals surface area contributed by atoms with Gasteiger partial charge in [-0.05, 0) is 47.6 Å². The molecule has 0 aromatic heterocycles. The van der Waals surface area contributed by atoms with Crippen LogP contribution in [0.25, 0.3) is 0 Å². The summed E-state index contributed by atoms with van der Waals surface area (Å²) in [6.45, 7) is 8.12. The second kappa shape index (κ2) is 11.4. The second-order valence-corrected chi connectivity index (χ2v) is 9.78. The van der Waals surface area contributed by atoms with E-state index in [1.807, 2.05) is 60.3 Å². The van der Waals surface area contributed by atoms with Crippen LogP contribution >= 0.6 is 35.0 Å². The van der Waals surface area contributed by atoms with Crippen molar-refractivity contribution in [2.45, 2.75) is 51.0 Å². The molecular formula is C25H29Cl2NO2S. The van der Waals surface area contributed by atoms with E-state index in [0.717, 1.165) is 29.1 Å². The normalized spacial score (nSPS) is 22.4. The highest BCUT2D eigenvalue weighted by Gasteiger charge is 2.45. The summed E-state index contributed by atoms with van der Waals surface area (Å²) in [6, 6.07) is 15.2. The van der Waals surface area contributed by atoms with E-state index in [1.54, 1.807) is 6.08 Å². The molecule has 0 radical (unpaired) electrons. The van der Waals surface area contributed by atoms with Crippen molar-refractivity contribution in [3.8, 4) is 0 Å². The van der Waals surface area contributed by atoms with Gasteiger partial charge in [0.05, 0.1) is 6.04 Å². The Bertz CT molecular complexity index is 889. The van der Waals surface area contributed by atoms with Gasteiger partial charge < -0.3 is 9.64 Å². The molecule has 1 aliphatic heterocycles. The number of carbonyl (C=O) groups excluding carboxylic acids is 1. The minimum absolute atomic E-state index is 0.0154. The zero-order valence-electron chi connectivity index (χ0n) is 18.0. The van der Waals surface area contributed by atoms with Crippen molar-refractivity contribution in [3.05, 3.63) is 82.4 Å². The standard InChI is InChI=1S/C25H29Cl2NO2S/c1-4-8-22-25(29)28(21(5-2)16-31-6-3)23(17-11-13-19(26)14-12-17)24(30-22)18-9-7-10-20(27)15-18/h4,7,9-15,21-24H,1,5-6,8,16H2,2-3H3/t21-,22?,23+,24+/m0/s1. The Hall–Kier alpha value is -1.46. The summed E-state index contributed by atoms with van der Waals surface area (Å²) < 4.78 is 6.45. The van der Waals surface area contributed by atoms with Crippen LogP contribution in [-0.4, -0.2) is 34.5 Å². The van der Waals surface area contributed by atoms with Crippen molar-refractivity contribution in [1.29, 1.82) is 0 Å². The number of nitrogens with zero attached hydrogens (tertiary/aromatic N) is 1. The van der Waals surface area contributed by atoms with Crippen molar-refractivity contribution >= 4 is 40.9 Å². The quantitative estimate of drug-likeness (QED) is 0.360. The Morgan fingerprint density at radius 3 is 2.48 bits per heavy atom. The van der Waals surface area contributed by atoms with Gasteiger partial charge in [0.1, 0.15) is 12.2 Å². The Labute approximate surface area is 199 Å². The van der Waals surface area contributed by atoms with Gasteiger partial charge in [-0.15, -0.1) is 6.58 Å². The highest BCUT2D eigenvalue weighted by atomic mass is 35.5. The lowest BCUT2D eigenvalue weighted by molar-refractivity contribution is -0.178. The number of ether oxygens (including phenoxy) is 1. The second-order valence-electron chi connectivity index (χ2n) is 7.59. The van der Waals surface area contributed by atoms with E-state index in [9.17, 15) is 4.79 Å². The Morgan fingerprint density at radius 2 is 1.87 bits per heavy atom.